The molecule has 3 nitrogen and oxygen atoms in total. The van der Waals surface area contributed by atoms with Crippen molar-refractivity contribution in [3.63, 3.8) is 0 Å². The molecule has 1 N–H and O–H groups in total. The molecule has 134 valence electrons. The number of amides is 1. The molecule has 0 atom stereocenters. The van der Waals surface area contributed by atoms with Gasteiger partial charge in [-0.05, 0) is 61.6 Å². The van der Waals surface area contributed by atoms with E-state index in [4.69, 9.17) is 16.3 Å². The minimum Gasteiger partial charge on any atom is -0.493 e. The molecule has 2 rings (SSSR count). The number of carbonyl (C=O) groups excluding carboxylic acids is 1. The fourth-order valence-corrected chi connectivity index (χ4v) is 2.68. The van der Waals surface area contributed by atoms with Crippen LogP contribution in [0.1, 0.15) is 46.8 Å². The molecule has 0 radical (unpaired) electrons. The van der Waals surface area contributed by atoms with Gasteiger partial charge in [0.05, 0.1) is 12.2 Å². The van der Waals surface area contributed by atoms with Crippen LogP contribution in [0, 0.1) is 13.8 Å². The van der Waals surface area contributed by atoms with Crippen molar-refractivity contribution >= 4 is 17.5 Å². The van der Waals surface area contributed by atoms with Crippen LogP contribution >= 0.6 is 11.6 Å². The van der Waals surface area contributed by atoms with E-state index in [2.05, 4.69) is 44.3 Å². The summed E-state index contributed by atoms with van der Waals surface area (Å²) in [5.74, 6) is 0.430. The summed E-state index contributed by atoms with van der Waals surface area (Å²) >= 11 is 6.05. The van der Waals surface area contributed by atoms with Crippen molar-refractivity contribution in [1.29, 1.82) is 0 Å². The number of rotatable bonds is 8. The Hall–Kier alpha value is -2.00. The minimum atomic E-state index is -0.155. The summed E-state index contributed by atoms with van der Waals surface area (Å²) in [6.07, 6.45) is 2.79. The highest BCUT2D eigenvalue weighted by Crippen LogP contribution is 2.23. The lowest BCUT2D eigenvalue weighted by atomic mass is 10.0. The van der Waals surface area contributed by atoms with Crippen LogP contribution < -0.4 is 10.1 Å². The van der Waals surface area contributed by atoms with E-state index in [0.717, 1.165) is 19.3 Å². The second-order valence-electron chi connectivity index (χ2n) is 6.27. The lowest BCUT2D eigenvalue weighted by Crippen LogP contribution is -2.26. The zero-order valence-corrected chi connectivity index (χ0v) is 16.0. The maximum atomic E-state index is 12.5. The largest absolute Gasteiger partial charge is 0.493 e. The molecule has 0 spiro atoms. The van der Waals surface area contributed by atoms with Gasteiger partial charge in [-0.25, -0.2) is 0 Å². The number of ether oxygens (including phenoxy) is 1. The maximum absolute atomic E-state index is 12.5. The summed E-state index contributed by atoms with van der Waals surface area (Å²) in [5.41, 5.74) is 4.25. The normalized spacial score (nSPS) is 10.6. The first kappa shape index (κ1) is 19.3. The number of benzene rings is 2. The van der Waals surface area contributed by atoms with Gasteiger partial charge in [0.1, 0.15) is 5.75 Å². The quantitative estimate of drug-likeness (QED) is 0.665. The minimum absolute atomic E-state index is 0.155. The van der Waals surface area contributed by atoms with Crippen molar-refractivity contribution in [1.82, 2.24) is 5.32 Å². The van der Waals surface area contributed by atoms with Crippen molar-refractivity contribution in [2.75, 3.05) is 13.2 Å². The van der Waals surface area contributed by atoms with E-state index in [9.17, 15) is 4.79 Å². The number of halogens is 1. The van der Waals surface area contributed by atoms with Crippen molar-refractivity contribution < 1.29 is 9.53 Å². The first-order chi connectivity index (χ1) is 12.0. The molecule has 0 saturated heterocycles. The van der Waals surface area contributed by atoms with Crippen LogP contribution in [0.5, 0.6) is 5.75 Å². The van der Waals surface area contributed by atoms with Gasteiger partial charge >= 0.3 is 0 Å². The number of hydrogen-bond donors (Lipinski definition) is 1. The van der Waals surface area contributed by atoms with Crippen LogP contribution in [0.25, 0.3) is 0 Å². The molecular weight excluding hydrogens is 334 g/mol. The summed E-state index contributed by atoms with van der Waals surface area (Å²) in [7, 11) is 0. The van der Waals surface area contributed by atoms with Gasteiger partial charge in [-0.1, -0.05) is 43.1 Å². The molecule has 0 heterocycles. The third-order valence-corrected chi connectivity index (χ3v) is 4.45. The number of aryl methyl sites for hydroxylation is 2. The third kappa shape index (κ3) is 5.79. The first-order valence-corrected chi connectivity index (χ1v) is 9.15. The molecular formula is C21H26ClNO2. The Kier molecular flexibility index (Phi) is 7.32. The lowest BCUT2D eigenvalue weighted by molar-refractivity contribution is 0.0950. The lowest BCUT2D eigenvalue weighted by Gasteiger charge is -2.12. The Morgan fingerprint density at radius 1 is 1.12 bits per heavy atom. The van der Waals surface area contributed by atoms with E-state index in [1.807, 2.05) is 0 Å². The Bertz CT molecular complexity index is 728. The molecule has 0 fully saturated rings. The monoisotopic (exact) mass is 359 g/mol. The molecule has 25 heavy (non-hydrogen) atoms. The Morgan fingerprint density at radius 2 is 1.92 bits per heavy atom. The van der Waals surface area contributed by atoms with E-state index in [1.165, 1.54) is 16.7 Å². The summed E-state index contributed by atoms with van der Waals surface area (Å²) in [6, 6.07) is 11.6. The fourth-order valence-electron chi connectivity index (χ4n) is 2.51. The van der Waals surface area contributed by atoms with Crippen molar-refractivity contribution in [2.24, 2.45) is 0 Å². The highest BCUT2D eigenvalue weighted by Gasteiger charge is 2.13. The Morgan fingerprint density at radius 3 is 2.64 bits per heavy atom. The fraction of sp³-hybridized carbons (Fsp3) is 0.381. The van der Waals surface area contributed by atoms with Crippen LogP contribution in [0.15, 0.2) is 36.4 Å². The summed E-state index contributed by atoms with van der Waals surface area (Å²) in [6.45, 7) is 7.47. The highest BCUT2D eigenvalue weighted by atomic mass is 35.5. The second kappa shape index (κ2) is 9.47. The average Bonchev–Trinajstić information content (AvgIpc) is 2.59. The van der Waals surface area contributed by atoms with E-state index in [1.54, 1.807) is 18.2 Å². The first-order valence-electron chi connectivity index (χ1n) is 8.78. The van der Waals surface area contributed by atoms with E-state index in [-0.39, 0.29) is 5.91 Å². The van der Waals surface area contributed by atoms with Crippen LogP contribution in [0.3, 0.4) is 0 Å². The third-order valence-electron chi connectivity index (χ3n) is 4.21. The van der Waals surface area contributed by atoms with Crippen molar-refractivity contribution in [2.45, 2.75) is 40.0 Å². The number of unbranched alkanes of at least 4 members (excludes halogenated alkanes) is 1. The number of nitrogens with one attached hydrogen (secondary N) is 1. The van der Waals surface area contributed by atoms with Crippen molar-refractivity contribution in [3.8, 4) is 5.75 Å². The smallest absolute Gasteiger partial charge is 0.255 e. The SMILES string of the molecule is CCCCOc1ccc(Cl)cc1C(=O)NCCc1ccc(C)c(C)c1. The predicted molar refractivity (Wildman–Crippen MR) is 104 cm³/mol. The van der Waals surface area contributed by atoms with Gasteiger partial charge in [-0.15, -0.1) is 0 Å². The molecule has 0 aromatic heterocycles. The molecule has 0 saturated carbocycles. The van der Waals surface area contributed by atoms with Crippen LogP contribution in [0.2, 0.25) is 5.02 Å². The molecule has 0 aliphatic heterocycles. The summed E-state index contributed by atoms with van der Waals surface area (Å²) in [5, 5.41) is 3.49. The molecule has 0 aliphatic carbocycles. The molecule has 2 aromatic carbocycles. The van der Waals surface area contributed by atoms with Gasteiger partial charge in [0.25, 0.3) is 5.91 Å². The molecule has 2 aromatic rings. The van der Waals surface area contributed by atoms with Gasteiger partial charge in [0, 0.05) is 11.6 Å². The zero-order chi connectivity index (χ0) is 18.2. The van der Waals surface area contributed by atoms with Crippen LogP contribution in [-0.4, -0.2) is 19.1 Å². The van der Waals surface area contributed by atoms with Gasteiger partial charge < -0.3 is 10.1 Å². The highest BCUT2D eigenvalue weighted by molar-refractivity contribution is 6.31. The predicted octanol–water partition coefficient (Wildman–Crippen LogP) is 5.11. The van der Waals surface area contributed by atoms with Gasteiger partial charge in [-0.2, -0.15) is 0 Å². The Labute approximate surface area is 155 Å². The van der Waals surface area contributed by atoms with E-state index < -0.39 is 0 Å². The average molecular weight is 360 g/mol. The molecule has 0 unspecified atom stereocenters. The van der Waals surface area contributed by atoms with E-state index >= 15 is 0 Å². The number of hydrogen-bond acceptors (Lipinski definition) is 2. The second-order valence-corrected chi connectivity index (χ2v) is 6.70. The zero-order valence-electron chi connectivity index (χ0n) is 15.2. The molecule has 1 amide bonds. The Balaban J connectivity index is 1.97. The van der Waals surface area contributed by atoms with Crippen LogP contribution in [0.4, 0.5) is 0 Å². The summed E-state index contributed by atoms with van der Waals surface area (Å²) < 4.78 is 5.73. The van der Waals surface area contributed by atoms with Gasteiger partial charge in [0.2, 0.25) is 0 Å². The van der Waals surface area contributed by atoms with Gasteiger partial charge in [-0.3, -0.25) is 4.79 Å². The van der Waals surface area contributed by atoms with E-state index in [0.29, 0.717) is 29.5 Å². The van der Waals surface area contributed by atoms with Crippen molar-refractivity contribution in [3.05, 3.63) is 63.7 Å². The maximum Gasteiger partial charge on any atom is 0.255 e. The summed E-state index contributed by atoms with van der Waals surface area (Å²) in [4.78, 5) is 12.5. The topological polar surface area (TPSA) is 38.3 Å². The standard InChI is InChI=1S/C21H26ClNO2/c1-4-5-12-25-20-9-8-18(22)14-19(20)21(24)23-11-10-17-7-6-15(2)16(3)13-17/h6-9,13-14H,4-5,10-12H2,1-3H3,(H,23,24). The molecule has 4 heteroatoms. The molecule has 0 bridgehead atoms. The van der Waals surface area contributed by atoms with Gasteiger partial charge in [0.15, 0.2) is 0 Å². The van der Waals surface area contributed by atoms with Crippen LogP contribution in [-0.2, 0) is 6.42 Å². The number of carbonyl (C=O) groups is 1. The molecule has 0 aliphatic rings.